The van der Waals surface area contributed by atoms with Crippen LogP contribution in [0.5, 0.6) is 5.75 Å². The van der Waals surface area contributed by atoms with Crippen molar-refractivity contribution in [1.29, 1.82) is 5.26 Å². The Bertz CT molecular complexity index is 944. The quantitative estimate of drug-likeness (QED) is 0.473. The molecule has 0 N–H and O–H groups in total. The molecule has 0 saturated heterocycles. The van der Waals surface area contributed by atoms with Gasteiger partial charge in [0, 0.05) is 0 Å². The van der Waals surface area contributed by atoms with Gasteiger partial charge in [-0.05, 0) is 46.2 Å². The van der Waals surface area contributed by atoms with Crippen LogP contribution in [0.1, 0.15) is 11.1 Å². The van der Waals surface area contributed by atoms with Gasteiger partial charge in [0.05, 0.1) is 18.8 Å². The van der Waals surface area contributed by atoms with Crippen LogP contribution in [0.25, 0.3) is 22.4 Å². The first kappa shape index (κ1) is 15.6. The van der Waals surface area contributed by atoms with E-state index in [2.05, 4.69) is 18.2 Å². The molecule has 0 aliphatic carbocycles. The van der Waals surface area contributed by atoms with Gasteiger partial charge in [-0.25, -0.2) is 0 Å². The first-order valence-electron chi connectivity index (χ1n) is 7.72. The van der Waals surface area contributed by atoms with Crippen LogP contribution in [0.4, 0.5) is 0 Å². The minimum absolute atomic E-state index is 0.644. The van der Waals surface area contributed by atoms with Crippen molar-refractivity contribution in [2.45, 2.75) is 0 Å². The summed E-state index contributed by atoms with van der Waals surface area (Å²) in [4.78, 5) is 0. The number of fused-ring (bicyclic) bond motifs is 1. The number of nitriles is 1. The zero-order valence-electron chi connectivity index (χ0n) is 13.4. The Morgan fingerprint density at radius 1 is 0.958 bits per heavy atom. The monoisotopic (exact) mass is 311 g/mol. The molecule has 0 fully saturated rings. The van der Waals surface area contributed by atoms with E-state index in [0.717, 1.165) is 22.3 Å². The zero-order valence-corrected chi connectivity index (χ0v) is 13.4. The summed E-state index contributed by atoms with van der Waals surface area (Å²) in [5, 5.41) is 11.8. The lowest BCUT2D eigenvalue weighted by Crippen LogP contribution is -1.82. The molecule has 0 unspecified atom stereocenters. The van der Waals surface area contributed by atoms with Crippen molar-refractivity contribution < 1.29 is 4.74 Å². The standard InChI is InChI=1S/C22H17NO/c1-24-22-13-9-17(10-14-22)5-4-8-21(16-23)20-12-11-18-6-2-3-7-19(18)15-20/h2-15H,1H3/b5-4+,21-8-. The normalized spacial score (nSPS) is 11.6. The van der Waals surface area contributed by atoms with Gasteiger partial charge in [0.15, 0.2) is 0 Å². The average molecular weight is 311 g/mol. The first-order valence-corrected chi connectivity index (χ1v) is 7.72. The predicted octanol–water partition coefficient (Wildman–Crippen LogP) is 5.47. The van der Waals surface area contributed by atoms with Crippen LogP contribution in [0.2, 0.25) is 0 Å². The third-order valence-electron chi connectivity index (χ3n) is 3.85. The summed E-state index contributed by atoms with van der Waals surface area (Å²) in [6.07, 6.45) is 5.71. The van der Waals surface area contributed by atoms with E-state index in [1.54, 1.807) is 7.11 Å². The Kier molecular flexibility index (Phi) is 4.74. The third-order valence-corrected chi connectivity index (χ3v) is 3.85. The van der Waals surface area contributed by atoms with E-state index in [-0.39, 0.29) is 0 Å². The molecule has 24 heavy (non-hydrogen) atoms. The highest BCUT2D eigenvalue weighted by atomic mass is 16.5. The van der Waals surface area contributed by atoms with Crippen molar-refractivity contribution in [1.82, 2.24) is 0 Å². The summed E-state index contributed by atoms with van der Waals surface area (Å²) in [5.41, 5.74) is 2.63. The molecule has 0 atom stereocenters. The summed E-state index contributed by atoms with van der Waals surface area (Å²) in [6, 6.07) is 24.3. The molecule has 0 heterocycles. The Morgan fingerprint density at radius 3 is 2.42 bits per heavy atom. The minimum atomic E-state index is 0.644. The fourth-order valence-electron chi connectivity index (χ4n) is 2.53. The van der Waals surface area contributed by atoms with E-state index in [1.807, 2.05) is 72.8 Å². The van der Waals surface area contributed by atoms with E-state index in [4.69, 9.17) is 4.74 Å². The highest BCUT2D eigenvalue weighted by molar-refractivity contribution is 5.89. The molecule has 0 aliphatic heterocycles. The van der Waals surface area contributed by atoms with Gasteiger partial charge >= 0.3 is 0 Å². The molecular weight excluding hydrogens is 294 g/mol. The second-order valence-corrected chi connectivity index (χ2v) is 5.39. The molecule has 0 spiro atoms. The summed E-state index contributed by atoms with van der Waals surface area (Å²) in [6.45, 7) is 0. The molecule has 2 heteroatoms. The summed E-state index contributed by atoms with van der Waals surface area (Å²) >= 11 is 0. The SMILES string of the molecule is COc1ccc(/C=C/C=C(/C#N)c2ccc3ccccc3c2)cc1. The lowest BCUT2D eigenvalue weighted by molar-refractivity contribution is 0.415. The summed E-state index contributed by atoms with van der Waals surface area (Å²) in [5.74, 6) is 0.830. The Balaban J connectivity index is 1.85. The van der Waals surface area contributed by atoms with Crippen LogP contribution in [-0.4, -0.2) is 7.11 Å². The fourth-order valence-corrected chi connectivity index (χ4v) is 2.53. The average Bonchev–Trinajstić information content (AvgIpc) is 2.65. The third kappa shape index (κ3) is 3.53. The zero-order chi connectivity index (χ0) is 16.8. The number of benzene rings is 3. The van der Waals surface area contributed by atoms with Crippen LogP contribution < -0.4 is 4.74 Å². The Labute approximate surface area is 141 Å². The molecular formula is C22H17NO. The molecule has 0 saturated carbocycles. The maximum atomic E-state index is 9.45. The van der Waals surface area contributed by atoms with E-state index in [9.17, 15) is 5.26 Å². The lowest BCUT2D eigenvalue weighted by Gasteiger charge is -2.02. The van der Waals surface area contributed by atoms with Gasteiger partial charge < -0.3 is 4.74 Å². The largest absolute Gasteiger partial charge is 0.497 e. The minimum Gasteiger partial charge on any atom is -0.497 e. The second-order valence-electron chi connectivity index (χ2n) is 5.39. The van der Waals surface area contributed by atoms with Gasteiger partial charge in [-0.3, -0.25) is 0 Å². The molecule has 0 amide bonds. The van der Waals surface area contributed by atoms with Crippen LogP contribution in [0.15, 0.2) is 78.9 Å². The number of hydrogen-bond acceptors (Lipinski definition) is 2. The molecule has 0 aromatic heterocycles. The first-order chi connectivity index (χ1) is 11.8. The number of hydrogen-bond donors (Lipinski definition) is 0. The van der Waals surface area contributed by atoms with Crippen LogP contribution in [0.3, 0.4) is 0 Å². The lowest BCUT2D eigenvalue weighted by atomic mass is 10.0. The molecule has 2 nitrogen and oxygen atoms in total. The van der Waals surface area contributed by atoms with Crippen molar-refractivity contribution in [3.63, 3.8) is 0 Å². The van der Waals surface area contributed by atoms with Gasteiger partial charge in [0.25, 0.3) is 0 Å². The van der Waals surface area contributed by atoms with Crippen molar-refractivity contribution in [3.05, 3.63) is 90.0 Å². The van der Waals surface area contributed by atoms with Crippen LogP contribution in [-0.2, 0) is 0 Å². The van der Waals surface area contributed by atoms with E-state index in [0.29, 0.717) is 5.57 Å². The number of rotatable bonds is 4. The van der Waals surface area contributed by atoms with Gasteiger partial charge in [0.2, 0.25) is 0 Å². The van der Waals surface area contributed by atoms with Crippen molar-refractivity contribution in [3.8, 4) is 11.8 Å². The van der Waals surface area contributed by atoms with E-state index < -0.39 is 0 Å². The highest BCUT2D eigenvalue weighted by Crippen LogP contribution is 2.21. The maximum Gasteiger partial charge on any atom is 0.118 e. The van der Waals surface area contributed by atoms with Crippen molar-refractivity contribution in [2.24, 2.45) is 0 Å². The van der Waals surface area contributed by atoms with Crippen molar-refractivity contribution in [2.75, 3.05) is 7.11 Å². The van der Waals surface area contributed by atoms with Crippen LogP contribution >= 0.6 is 0 Å². The smallest absolute Gasteiger partial charge is 0.118 e. The topological polar surface area (TPSA) is 33.0 Å². The molecule has 3 aromatic rings. The molecule has 116 valence electrons. The fraction of sp³-hybridized carbons (Fsp3) is 0.0455. The van der Waals surface area contributed by atoms with Crippen molar-refractivity contribution >= 4 is 22.4 Å². The molecule has 3 rings (SSSR count). The van der Waals surface area contributed by atoms with Gasteiger partial charge in [0.1, 0.15) is 5.75 Å². The molecule has 3 aromatic carbocycles. The predicted molar refractivity (Wildman–Crippen MR) is 99.6 cm³/mol. The number of allylic oxidation sites excluding steroid dienone is 3. The molecule has 0 radical (unpaired) electrons. The van der Waals surface area contributed by atoms with E-state index >= 15 is 0 Å². The van der Waals surface area contributed by atoms with Gasteiger partial charge in [-0.15, -0.1) is 0 Å². The molecule has 0 aliphatic rings. The summed E-state index contributed by atoms with van der Waals surface area (Å²) < 4.78 is 5.14. The Hall–Kier alpha value is -3.31. The second kappa shape index (κ2) is 7.30. The number of methoxy groups -OCH3 is 1. The van der Waals surface area contributed by atoms with Gasteiger partial charge in [-0.1, -0.05) is 60.7 Å². The maximum absolute atomic E-state index is 9.45. The summed E-state index contributed by atoms with van der Waals surface area (Å²) in [7, 11) is 1.65. The molecule has 0 bridgehead atoms. The highest BCUT2D eigenvalue weighted by Gasteiger charge is 2.01. The number of nitrogens with zero attached hydrogens (tertiary/aromatic N) is 1. The Morgan fingerprint density at radius 2 is 1.71 bits per heavy atom. The van der Waals surface area contributed by atoms with Gasteiger partial charge in [-0.2, -0.15) is 5.26 Å². The van der Waals surface area contributed by atoms with E-state index in [1.165, 1.54) is 5.39 Å². The van der Waals surface area contributed by atoms with Crippen LogP contribution in [0, 0.1) is 11.3 Å². The number of ether oxygens (including phenoxy) is 1.